The topological polar surface area (TPSA) is 35.2 Å². The Labute approximate surface area is 83.4 Å². The maximum absolute atomic E-state index is 12.6. The second-order valence-corrected chi connectivity index (χ2v) is 2.92. The molecule has 0 heterocycles. The van der Waals surface area contributed by atoms with Crippen molar-refractivity contribution in [2.75, 3.05) is 5.73 Å². The van der Waals surface area contributed by atoms with Crippen LogP contribution in [0.5, 0.6) is 5.75 Å². The molecule has 1 aromatic rings. The number of benzene rings is 1. The zero-order valence-electron chi connectivity index (χ0n) is 6.88. The van der Waals surface area contributed by atoms with Crippen LogP contribution in [0.1, 0.15) is 0 Å². The fraction of sp³-hybridized carbons (Fsp3) is 0.250. The van der Waals surface area contributed by atoms with Crippen LogP contribution < -0.4 is 10.5 Å². The van der Waals surface area contributed by atoms with Gasteiger partial charge in [-0.15, -0.1) is 0 Å². The number of nitrogen functional groups attached to an aromatic ring is 1. The van der Waals surface area contributed by atoms with Crippen molar-refractivity contribution in [2.45, 2.75) is 11.7 Å². The highest BCUT2D eigenvalue weighted by Crippen LogP contribution is 2.28. The van der Waals surface area contributed by atoms with Crippen LogP contribution in [-0.2, 0) is 0 Å². The highest BCUT2D eigenvalue weighted by molar-refractivity contribution is 6.20. The van der Waals surface area contributed by atoms with E-state index in [-0.39, 0.29) is 5.75 Å². The van der Waals surface area contributed by atoms with Gasteiger partial charge in [-0.25, -0.2) is 4.39 Å². The maximum atomic E-state index is 12.6. The van der Waals surface area contributed by atoms with Crippen molar-refractivity contribution in [2.24, 2.45) is 0 Å². The standard InChI is InChI=1S/C8H7ClF3NO/c9-7(10)8(11,12)14-6-3-1-5(13)2-4-6/h1-4,7H,13H2. The molecule has 1 aromatic carbocycles. The molecule has 0 aliphatic carbocycles. The lowest BCUT2D eigenvalue weighted by atomic mass is 10.3. The number of rotatable bonds is 3. The van der Waals surface area contributed by atoms with Gasteiger partial charge >= 0.3 is 6.11 Å². The van der Waals surface area contributed by atoms with Crippen molar-refractivity contribution in [3.63, 3.8) is 0 Å². The van der Waals surface area contributed by atoms with Gasteiger partial charge in [-0.3, -0.25) is 0 Å². The van der Waals surface area contributed by atoms with E-state index in [0.717, 1.165) is 0 Å². The van der Waals surface area contributed by atoms with E-state index in [0.29, 0.717) is 5.69 Å². The molecular weight excluding hydrogens is 219 g/mol. The quantitative estimate of drug-likeness (QED) is 0.634. The highest BCUT2D eigenvalue weighted by atomic mass is 35.5. The van der Waals surface area contributed by atoms with Crippen LogP contribution >= 0.6 is 11.6 Å². The lowest BCUT2D eigenvalue weighted by molar-refractivity contribution is -0.199. The summed E-state index contributed by atoms with van der Waals surface area (Å²) in [6.07, 6.45) is -4.04. The molecule has 0 saturated carbocycles. The Morgan fingerprint density at radius 3 is 2.21 bits per heavy atom. The van der Waals surface area contributed by atoms with Gasteiger partial charge < -0.3 is 10.5 Å². The summed E-state index contributed by atoms with van der Waals surface area (Å²) >= 11 is 4.58. The number of alkyl halides is 4. The van der Waals surface area contributed by atoms with Crippen LogP contribution in [0.25, 0.3) is 0 Å². The van der Waals surface area contributed by atoms with Gasteiger partial charge in [0, 0.05) is 5.69 Å². The first-order valence-electron chi connectivity index (χ1n) is 3.62. The molecule has 0 fully saturated rings. The van der Waals surface area contributed by atoms with E-state index in [9.17, 15) is 13.2 Å². The normalized spacial score (nSPS) is 13.7. The second kappa shape index (κ2) is 3.96. The molecule has 0 amide bonds. The lowest BCUT2D eigenvalue weighted by Gasteiger charge is -2.17. The van der Waals surface area contributed by atoms with Crippen molar-refractivity contribution in [1.82, 2.24) is 0 Å². The molecule has 1 unspecified atom stereocenters. The third-order valence-corrected chi connectivity index (χ3v) is 1.64. The van der Waals surface area contributed by atoms with Crippen LogP contribution in [-0.4, -0.2) is 11.7 Å². The van der Waals surface area contributed by atoms with Gasteiger partial charge in [0.15, 0.2) is 0 Å². The molecular formula is C8H7ClF3NO. The zero-order valence-corrected chi connectivity index (χ0v) is 7.64. The summed E-state index contributed by atoms with van der Waals surface area (Å²) in [5.41, 5.74) is 2.81. The fourth-order valence-corrected chi connectivity index (χ4v) is 0.782. The summed E-state index contributed by atoms with van der Waals surface area (Å²) in [4.78, 5) is 0. The minimum Gasteiger partial charge on any atom is -0.429 e. The Hall–Kier alpha value is -1.10. The summed E-state index contributed by atoms with van der Waals surface area (Å²) in [7, 11) is 0. The van der Waals surface area contributed by atoms with Crippen molar-refractivity contribution in [1.29, 1.82) is 0 Å². The molecule has 0 aromatic heterocycles. The molecule has 1 rings (SSSR count). The Morgan fingerprint density at radius 2 is 1.79 bits per heavy atom. The summed E-state index contributed by atoms with van der Waals surface area (Å²) in [6.45, 7) is 0. The van der Waals surface area contributed by atoms with E-state index in [1.54, 1.807) is 0 Å². The van der Waals surface area contributed by atoms with Gasteiger partial charge in [-0.05, 0) is 24.3 Å². The van der Waals surface area contributed by atoms with Gasteiger partial charge in [-0.1, -0.05) is 11.6 Å². The first kappa shape index (κ1) is 11.0. The van der Waals surface area contributed by atoms with Crippen molar-refractivity contribution >= 4 is 17.3 Å². The summed E-state index contributed by atoms with van der Waals surface area (Å²) < 4.78 is 41.3. The maximum Gasteiger partial charge on any atom is 0.444 e. The van der Waals surface area contributed by atoms with Crippen molar-refractivity contribution < 1.29 is 17.9 Å². The molecule has 0 aliphatic heterocycles. The van der Waals surface area contributed by atoms with Crippen LogP contribution in [0.15, 0.2) is 24.3 Å². The third-order valence-electron chi connectivity index (χ3n) is 1.39. The predicted octanol–water partition coefficient (Wildman–Crippen LogP) is 2.77. The monoisotopic (exact) mass is 225 g/mol. The van der Waals surface area contributed by atoms with E-state index in [4.69, 9.17) is 5.73 Å². The molecule has 0 saturated heterocycles. The van der Waals surface area contributed by atoms with Gasteiger partial charge in [0.25, 0.3) is 5.63 Å². The molecule has 14 heavy (non-hydrogen) atoms. The number of halogens is 4. The molecule has 0 spiro atoms. The number of hydrogen-bond acceptors (Lipinski definition) is 2. The lowest BCUT2D eigenvalue weighted by Crippen LogP contribution is -2.32. The zero-order chi connectivity index (χ0) is 10.8. The van der Waals surface area contributed by atoms with E-state index in [1.165, 1.54) is 24.3 Å². The van der Waals surface area contributed by atoms with E-state index >= 15 is 0 Å². The van der Waals surface area contributed by atoms with Gasteiger partial charge in [0.2, 0.25) is 0 Å². The highest BCUT2D eigenvalue weighted by Gasteiger charge is 2.41. The third kappa shape index (κ3) is 2.70. The van der Waals surface area contributed by atoms with Gasteiger partial charge in [0.1, 0.15) is 5.75 Å². The summed E-state index contributed by atoms with van der Waals surface area (Å²) in [5, 5.41) is 0. The molecule has 1 atom stereocenters. The summed E-state index contributed by atoms with van der Waals surface area (Å²) in [5.74, 6) is -0.201. The number of hydrogen-bond donors (Lipinski definition) is 1. The van der Waals surface area contributed by atoms with Crippen molar-refractivity contribution in [3.05, 3.63) is 24.3 Å². The number of nitrogens with two attached hydrogens (primary N) is 1. The number of ether oxygens (including phenoxy) is 1. The van der Waals surface area contributed by atoms with Crippen LogP contribution in [0.2, 0.25) is 0 Å². The van der Waals surface area contributed by atoms with Crippen molar-refractivity contribution in [3.8, 4) is 5.75 Å². The SMILES string of the molecule is Nc1ccc(OC(F)(F)C(F)Cl)cc1. The van der Waals surface area contributed by atoms with E-state index < -0.39 is 11.7 Å². The molecule has 0 radical (unpaired) electrons. The minimum atomic E-state index is -4.04. The Kier molecular flexibility index (Phi) is 3.10. The Balaban J connectivity index is 2.74. The van der Waals surface area contributed by atoms with Gasteiger partial charge in [0.05, 0.1) is 0 Å². The largest absolute Gasteiger partial charge is 0.444 e. The summed E-state index contributed by atoms with van der Waals surface area (Å²) in [6, 6.07) is 5.10. The second-order valence-electron chi connectivity index (χ2n) is 2.53. The van der Waals surface area contributed by atoms with Crippen LogP contribution in [0.4, 0.5) is 18.9 Å². The van der Waals surface area contributed by atoms with E-state index in [2.05, 4.69) is 16.3 Å². The average Bonchev–Trinajstić information content (AvgIpc) is 2.08. The van der Waals surface area contributed by atoms with Gasteiger partial charge in [-0.2, -0.15) is 8.78 Å². The molecule has 0 aliphatic rings. The Morgan fingerprint density at radius 1 is 1.29 bits per heavy atom. The Bertz CT molecular complexity index is 302. The molecule has 78 valence electrons. The fourth-order valence-electron chi connectivity index (χ4n) is 0.738. The minimum absolute atomic E-state index is 0.201. The molecule has 6 heteroatoms. The first-order chi connectivity index (χ1) is 6.42. The van der Waals surface area contributed by atoms with Crippen LogP contribution in [0.3, 0.4) is 0 Å². The average molecular weight is 226 g/mol. The smallest absolute Gasteiger partial charge is 0.429 e. The van der Waals surface area contributed by atoms with E-state index in [1.807, 2.05) is 0 Å². The number of anilines is 1. The first-order valence-corrected chi connectivity index (χ1v) is 4.06. The molecule has 0 bridgehead atoms. The van der Waals surface area contributed by atoms with Crippen LogP contribution in [0, 0.1) is 0 Å². The predicted molar refractivity (Wildman–Crippen MR) is 47.2 cm³/mol. The molecule has 2 N–H and O–H groups in total. The molecule has 2 nitrogen and oxygen atoms in total.